The fourth-order valence-corrected chi connectivity index (χ4v) is 3.48. The van der Waals surface area contributed by atoms with Crippen LogP contribution in [0.5, 0.6) is 0 Å². The van der Waals surface area contributed by atoms with Gasteiger partial charge in [-0.05, 0) is 0 Å². The Kier molecular flexibility index (Phi) is 14.3. The zero-order valence-electron chi connectivity index (χ0n) is 20.0. The quantitative estimate of drug-likeness (QED) is 0.225. The van der Waals surface area contributed by atoms with E-state index in [9.17, 15) is 39.0 Å². The van der Waals surface area contributed by atoms with Crippen molar-refractivity contribution in [2.75, 3.05) is 85.6 Å². The van der Waals surface area contributed by atoms with Crippen LogP contribution in [0.3, 0.4) is 0 Å². The van der Waals surface area contributed by atoms with Gasteiger partial charge in [-0.2, -0.15) is 5.06 Å². The molecule has 0 spiro atoms. The van der Waals surface area contributed by atoms with Gasteiger partial charge in [0.25, 0.3) is 5.91 Å². The van der Waals surface area contributed by atoms with E-state index < -0.39 is 23.8 Å². The molecular formula is C21H35N5O9. The average Bonchev–Trinajstić information content (AvgIpc) is 2.78. The van der Waals surface area contributed by atoms with E-state index in [4.69, 9.17) is 4.84 Å². The monoisotopic (exact) mass is 501 g/mol. The molecule has 0 atom stereocenters. The van der Waals surface area contributed by atoms with E-state index >= 15 is 0 Å². The molecule has 14 nitrogen and oxygen atoms in total. The number of hydroxylamine groups is 2. The first-order valence-electron chi connectivity index (χ1n) is 11.3. The first kappa shape index (κ1) is 30.1. The molecule has 0 aromatic rings. The van der Waals surface area contributed by atoms with Gasteiger partial charge in [0.1, 0.15) is 12.6 Å². The zero-order valence-corrected chi connectivity index (χ0v) is 20.0. The number of carboxylic acid groups (broad SMARTS) is 2. The molecule has 1 aliphatic rings. The molecule has 1 saturated heterocycles. The van der Waals surface area contributed by atoms with Gasteiger partial charge < -0.3 is 24.6 Å². The Morgan fingerprint density at radius 1 is 0.743 bits per heavy atom. The number of rotatable bonds is 11. The van der Waals surface area contributed by atoms with Crippen LogP contribution in [0.4, 0.5) is 0 Å². The van der Waals surface area contributed by atoms with Crippen molar-refractivity contribution in [3.05, 3.63) is 0 Å². The van der Waals surface area contributed by atoms with Crippen LogP contribution < -0.4 is 0 Å². The molecule has 0 aliphatic carbocycles. The Morgan fingerprint density at radius 2 is 1.17 bits per heavy atom. The Hall–Kier alpha value is -2.94. The summed E-state index contributed by atoms with van der Waals surface area (Å²) >= 11 is 0. The minimum Gasteiger partial charge on any atom is -0.480 e. The van der Waals surface area contributed by atoms with Gasteiger partial charge >= 0.3 is 17.9 Å². The average molecular weight is 502 g/mol. The van der Waals surface area contributed by atoms with Gasteiger partial charge in [-0.25, -0.2) is 4.79 Å². The summed E-state index contributed by atoms with van der Waals surface area (Å²) in [7, 11) is 1.27. The molecule has 1 amide bonds. The van der Waals surface area contributed by atoms with E-state index in [1.165, 1.54) is 7.05 Å². The summed E-state index contributed by atoms with van der Waals surface area (Å²) in [5.74, 6) is -3.26. The number of hydrogen-bond acceptors (Lipinski definition) is 11. The maximum absolute atomic E-state index is 12.4. The van der Waals surface area contributed by atoms with Gasteiger partial charge in [0, 0.05) is 72.2 Å². The summed E-state index contributed by atoms with van der Waals surface area (Å²) in [6.45, 7) is 2.28. The summed E-state index contributed by atoms with van der Waals surface area (Å²) in [4.78, 5) is 80.3. The van der Waals surface area contributed by atoms with E-state index in [0.29, 0.717) is 58.6 Å². The number of amides is 1. The lowest BCUT2D eigenvalue weighted by atomic mass is 10.3. The molecule has 14 heteroatoms. The zero-order chi connectivity index (χ0) is 26.2. The Labute approximate surface area is 203 Å². The fourth-order valence-electron chi connectivity index (χ4n) is 3.48. The topological polar surface area (TPSA) is 168 Å². The van der Waals surface area contributed by atoms with Crippen LogP contribution >= 0.6 is 0 Å². The lowest BCUT2D eigenvalue weighted by molar-refractivity contribution is -0.193. The van der Waals surface area contributed by atoms with Gasteiger partial charge in [-0.1, -0.05) is 0 Å². The first-order valence-corrected chi connectivity index (χ1v) is 11.3. The summed E-state index contributed by atoms with van der Waals surface area (Å²) in [6.07, 6.45) is 1.26. The van der Waals surface area contributed by atoms with Crippen molar-refractivity contribution < 1.29 is 43.8 Å². The van der Waals surface area contributed by atoms with E-state index in [0.717, 1.165) is 11.3 Å². The second-order valence-corrected chi connectivity index (χ2v) is 8.14. The highest BCUT2D eigenvalue weighted by Gasteiger charge is 2.22. The molecule has 2 N–H and O–H groups in total. The number of aldehydes is 2. The van der Waals surface area contributed by atoms with Crippen LogP contribution in [-0.4, -0.2) is 157 Å². The van der Waals surface area contributed by atoms with Gasteiger partial charge in [0.2, 0.25) is 0 Å². The molecule has 35 heavy (non-hydrogen) atoms. The summed E-state index contributed by atoms with van der Waals surface area (Å²) in [5, 5.41) is 19.3. The number of carboxylic acids is 2. The van der Waals surface area contributed by atoms with Crippen molar-refractivity contribution in [1.82, 2.24) is 24.7 Å². The predicted molar refractivity (Wildman–Crippen MR) is 121 cm³/mol. The molecule has 0 saturated carbocycles. The summed E-state index contributed by atoms with van der Waals surface area (Å²) < 4.78 is 0. The smallest absolute Gasteiger partial charge is 0.346 e. The molecule has 0 radical (unpaired) electrons. The molecule has 0 bridgehead atoms. The molecule has 1 fully saturated rings. The van der Waals surface area contributed by atoms with Crippen LogP contribution in [0.1, 0.15) is 12.8 Å². The van der Waals surface area contributed by atoms with Gasteiger partial charge in [-0.15, -0.1) is 0 Å². The maximum atomic E-state index is 12.4. The van der Waals surface area contributed by atoms with E-state index in [1.54, 1.807) is 14.7 Å². The molecule has 0 aromatic heterocycles. The van der Waals surface area contributed by atoms with Gasteiger partial charge in [-0.3, -0.25) is 34.0 Å². The van der Waals surface area contributed by atoms with Crippen molar-refractivity contribution in [2.45, 2.75) is 12.8 Å². The van der Waals surface area contributed by atoms with Crippen LogP contribution in [0.15, 0.2) is 0 Å². The standard InChI is InChI=1S/C21H35N5O9/c1-22(18(29)3-2-13-27)35-21(34)17-26-10-8-24(15-19(30)31)6-4-23(12-14-28)5-7-25(9-11-26)16-20(32)33/h13-14H,2-12,15-17H2,1H3,(H,30,31)(H,32,33). The number of nitrogens with zero attached hydrogens (tertiary/aromatic N) is 5. The Morgan fingerprint density at radius 3 is 1.57 bits per heavy atom. The molecule has 1 heterocycles. The van der Waals surface area contributed by atoms with Crippen LogP contribution in [0, 0.1) is 0 Å². The minimum absolute atomic E-state index is 0.00987. The van der Waals surface area contributed by atoms with Crippen molar-refractivity contribution >= 4 is 36.4 Å². The molecule has 1 aliphatic heterocycles. The van der Waals surface area contributed by atoms with Crippen molar-refractivity contribution in [1.29, 1.82) is 0 Å². The number of carbonyl (C=O) groups is 6. The predicted octanol–water partition coefficient (Wildman–Crippen LogP) is -2.53. The molecular weight excluding hydrogens is 466 g/mol. The molecule has 198 valence electrons. The Bertz CT molecular complexity index is 704. The highest BCUT2D eigenvalue weighted by atomic mass is 16.7. The fraction of sp³-hybridized carbons (Fsp3) is 0.714. The van der Waals surface area contributed by atoms with Crippen LogP contribution in [0.25, 0.3) is 0 Å². The first-order chi connectivity index (χ1) is 16.6. The summed E-state index contributed by atoms with van der Waals surface area (Å²) in [6, 6.07) is 0. The third kappa shape index (κ3) is 13.5. The van der Waals surface area contributed by atoms with Crippen molar-refractivity contribution in [3.63, 3.8) is 0 Å². The van der Waals surface area contributed by atoms with Gasteiger partial charge in [0.15, 0.2) is 0 Å². The van der Waals surface area contributed by atoms with Crippen LogP contribution in [0.2, 0.25) is 0 Å². The van der Waals surface area contributed by atoms with E-state index in [1.807, 2.05) is 4.90 Å². The van der Waals surface area contributed by atoms with Crippen molar-refractivity contribution in [2.24, 2.45) is 0 Å². The summed E-state index contributed by atoms with van der Waals surface area (Å²) in [5.41, 5.74) is 0. The normalized spacial score (nSPS) is 17.5. The molecule has 1 rings (SSSR count). The number of hydrogen-bond donors (Lipinski definition) is 2. The Balaban J connectivity index is 2.90. The van der Waals surface area contributed by atoms with Crippen molar-refractivity contribution in [3.8, 4) is 0 Å². The highest BCUT2D eigenvalue weighted by molar-refractivity contribution is 5.79. The largest absolute Gasteiger partial charge is 0.480 e. The van der Waals surface area contributed by atoms with Gasteiger partial charge in [0.05, 0.1) is 26.2 Å². The van der Waals surface area contributed by atoms with E-state index in [-0.39, 0.29) is 39.0 Å². The number of carbonyl (C=O) groups excluding carboxylic acids is 4. The third-order valence-electron chi connectivity index (χ3n) is 5.40. The molecule has 0 unspecified atom stereocenters. The third-order valence-corrected chi connectivity index (χ3v) is 5.40. The number of aliphatic carboxylic acids is 2. The lowest BCUT2D eigenvalue weighted by Crippen LogP contribution is -2.49. The highest BCUT2D eigenvalue weighted by Crippen LogP contribution is 2.03. The van der Waals surface area contributed by atoms with Crippen LogP contribution in [-0.2, 0) is 33.6 Å². The second kappa shape index (κ2) is 16.6. The SMILES string of the molecule is CN(OC(=O)CN1CCN(CC(=O)O)CCN(CC=O)CCN(CC(=O)O)CC1)C(=O)CCC=O. The maximum Gasteiger partial charge on any atom is 0.346 e. The van der Waals surface area contributed by atoms with E-state index in [2.05, 4.69) is 0 Å². The molecule has 0 aromatic carbocycles. The second-order valence-electron chi connectivity index (χ2n) is 8.14. The lowest BCUT2D eigenvalue weighted by Gasteiger charge is -2.32. The minimum atomic E-state index is -1.01.